The number of imidazole rings is 1. The second kappa shape index (κ2) is 6.83. The second-order valence-corrected chi connectivity index (χ2v) is 5.62. The van der Waals surface area contributed by atoms with Crippen LogP contribution in [0.1, 0.15) is 13.8 Å². The predicted octanol–water partition coefficient (Wildman–Crippen LogP) is 4.13. The fourth-order valence-electron chi connectivity index (χ4n) is 2.96. The van der Waals surface area contributed by atoms with Crippen molar-refractivity contribution in [2.24, 2.45) is 0 Å². The van der Waals surface area contributed by atoms with Gasteiger partial charge in [0.05, 0.1) is 29.5 Å². The average Bonchev–Trinajstić information content (AvgIpc) is 3.05. The van der Waals surface area contributed by atoms with Gasteiger partial charge in [0.25, 0.3) is 0 Å². The lowest BCUT2D eigenvalue weighted by Crippen LogP contribution is -2.22. The van der Waals surface area contributed by atoms with Crippen LogP contribution < -0.4 is 15.0 Å². The SMILES string of the molecule is CCN(CC)c1cc2nc(-c3ccc(OC)cc3)[nH]c2cc1NC. The molecule has 0 aliphatic rings. The van der Waals surface area contributed by atoms with E-state index in [4.69, 9.17) is 9.72 Å². The standard InChI is InChI=1S/C19H24N4O/c1-5-23(6-2)18-12-16-15(11-17(18)20-3)21-19(22-16)13-7-9-14(24-4)10-8-13/h7-12,20H,5-6H2,1-4H3,(H,21,22). The average molecular weight is 324 g/mol. The molecule has 0 fully saturated rings. The Morgan fingerprint density at radius 2 is 1.83 bits per heavy atom. The molecule has 0 bridgehead atoms. The number of ether oxygens (including phenoxy) is 1. The number of nitrogens with zero attached hydrogens (tertiary/aromatic N) is 2. The molecule has 0 amide bonds. The summed E-state index contributed by atoms with van der Waals surface area (Å²) in [6.45, 7) is 6.26. The molecule has 2 N–H and O–H groups in total. The quantitative estimate of drug-likeness (QED) is 0.716. The zero-order valence-corrected chi connectivity index (χ0v) is 14.7. The first-order chi connectivity index (χ1) is 11.7. The number of nitrogens with one attached hydrogen (secondary N) is 2. The van der Waals surface area contributed by atoms with Gasteiger partial charge in [-0.2, -0.15) is 0 Å². The third kappa shape index (κ3) is 2.89. The molecule has 5 heteroatoms. The summed E-state index contributed by atoms with van der Waals surface area (Å²) >= 11 is 0. The first kappa shape index (κ1) is 16.2. The van der Waals surface area contributed by atoms with Crippen molar-refractivity contribution in [1.29, 1.82) is 0 Å². The van der Waals surface area contributed by atoms with Gasteiger partial charge in [0.1, 0.15) is 11.6 Å². The summed E-state index contributed by atoms with van der Waals surface area (Å²) in [5.74, 6) is 1.71. The minimum atomic E-state index is 0.844. The lowest BCUT2D eigenvalue weighted by Gasteiger charge is -2.23. The van der Waals surface area contributed by atoms with Crippen molar-refractivity contribution in [3.05, 3.63) is 36.4 Å². The Kier molecular flexibility index (Phi) is 4.60. The van der Waals surface area contributed by atoms with E-state index in [1.807, 2.05) is 31.3 Å². The van der Waals surface area contributed by atoms with Gasteiger partial charge in [0.15, 0.2) is 0 Å². The highest BCUT2D eigenvalue weighted by atomic mass is 16.5. The molecule has 0 atom stereocenters. The molecule has 0 radical (unpaired) electrons. The first-order valence-electron chi connectivity index (χ1n) is 8.31. The summed E-state index contributed by atoms with van der Waals surface area (Å²) in [5.41, 5.74) is 5.34. The Labute approximate surface area is 142 Å². The van der Waals surface area contributed by atoms with Crippen LogP contribution in [0.3, 0.4) is 0 Å². The highest BCUT2D eigenvalue weighted by Gasteiger charge is 2.13. The summed E-state index contributed by atoms with van der Waals surface area (Å²) in [7, 11) is 3.62. The first-order valence-corrected chi connectivity index (χ1v) is 8.31. The summed E-state index contributed by atoms with van der Waals surface area (Å²) in [6, 6.07) is 12.2. The Bertz CT molecular complexity index is 819. The van der Waals surface area contributed by atoms with Crippen molar-refractivity contribution in [2.75, 3.05) is 37.5 Å². The Morgan fingerprint density at radius 3 is 2.42 bits per heavy atom. The van der Waals surface area contributed by atoms with Crippen LogP contribution in [-0.2, 0) is 0 Å². The summed E-state index contributed by atoms with van der Waals surface area (Å²) in [6.07, 6.45) is 0. The van der Waals surface area contributed by atoms with Crippen molar-refractivity contribution >= 4 is 22.4 Å². The lowest BCUT2D eigenvalue weighted by atomic mass is 10.2. The second-order valence-electron chi connectivity index (χ2n) is 5.62. The molecule has 3 rings (SSSR count). The van der Waals surface area contributed by atoms with Crippen LogP contribution >= 0.6 is 0 Å². The largest absolute Gasteiger partial charge is 0.497 e. The zero-order valence-electron chi connectivity index (χ0n) is 14.7. The number of rotatable bonds is 6. The molecule has 0 spiro atoms. The van der Waals surface area contributed by atoms with E-state index in [-0.39, 0.29) is 0 Å². The van der Waals surface area contributed by atoms with Gasteiger partial charge in [-0.25, -0.2) is 4.98 Å². The highest BCUT2D eigenvalue weighted by Crippen LogP contribution is 2.32. The number of methoxy groups -OCH3 is 1. The van der Waals surface area contributed by atoms with Gasteiger partial charge in [-0.15, -0.1) is 0 Å². The van der Waals surface area contributed by atoms with Crippen LogP contribution in [-0.4, -0.2) is 37.2 Å². The van der Waals surface area contributed by atoms with Crippen molar-refractivity contribution in [3.8, 4) is 17.1 Å². The number of benzene rings is 2. The maximum atomic E-state index is 5.22. The van der Waals surface area contributed by atoms with Gasteiger partial charge >= 0.3 is 0 Å². The number of aromatic nitrogens is 2. The van der Waals surface area contributed by atoms with Gasteiger partial charge in [-0.1, -0.05) is 0 Å². The molecule has 1 aromatic heterocycles. The molecule has 24 heavy (non-hydrogen) atoms. The number of aromatic amines is 1. The number of hydrogen-bond acceptors (Lipinski definition) is 4. The third-order valence-electron chi connectivity index (χ3n) is 4.34. The van der Waals surface area contributed by atoms with E-state index in [1.165, 1.54) is 5.69 Å². The molecule has 0 saturated carbocycles. The predicted molar refractivity (Wildman–Crippen MR) is 101 cm³/mol. The van der Waals surface area contributed by atoms with E-state index in [0.717, 1.165) is 46.9 Å². The molecule has 126 valence electrons. The molecule has 0 saturated heterocycles. The molecule has 0 unspecified atom stereocenters. The fourth-order valence-corrected chi connectivity index (χ4v) is 2.96. The van der Waals surface area contributed by atoms with Crippen molar-refractivity contribution in [2.45, 2.75) is 13.8 Å². The monoisotopic (exact) mass is 324 g/mol. The highest BCUT2D eigenvalue weighted by molar-refractivity contribution is 5.90. The fraction of sp³-hybridized carbons (Fsp3) is 0.316. The van der Waals surface area contributed by atoms with Crippen LogP contribution in [0.15, 0.2) is 36.4 Å². The number of H-pyrrole nitrogens is 1. The van der Waals surface area contributed by atoms with Gasteiger partial charge < -0.3 is 19.9 Å². The van der Waals surface area contributed by atoms with E-state index in [1.54, 1.807) is 7.11 Å². The van der Waals surface area contributed by atoms with Crippen LogP contribution in [0.5, 0.6) is 5.75 Å². The van der Waals surface area contributed by atoms with Crippen LogP contribution in [0.25, 0.3) is 22.4 Å². The van der Waals surface area contributed by atoms with Gasteiger partial charge in [0, 0.05) is 25.7 Å². The molecule has 0 aliphatic heterocycles. The molecule has 0 aliphatic carbocycles. The van der Waals surface area contributed by atoms with Crippen LogP contribution in [0.2, 0.25) is 0 Å². The van der Waals surface area contributed by atoms with E-state index < -0.39 is 0 Å². The van der Waals surface area contributed by atoms with E-state index in [2.05, 4.69) is 41.2 Å². The lowest BCUT2D eigenvalue weighted by molar-refractivity contribution is 0.415. The third-order valence-corrected chi connectivity index (χ3v) is 4.34. The molecule has 5 nitrogen and oxygen atoms in total. The Morgan fingerprint density at radius 1 is 1.12 bits per heavy atom. The van der Waals surface area contributed by atoms with Gasteiger partial charge in [0.2, 0.25) is 0 Å². The van der Waals surface area contributed by atoms with Gasteiger partial charge in [-0.3, -0.25) is 0 Å². The van der Waals surface area contributed by atoms with E-state index in [0.29, 0.717) is 0 Å². The zero-order chi connectivity index (χ0) is 17.1. The molecular weight excluding hydrogens is 300 g/mol. The smallest absolute Gasteiger partial charge is 0.138 e. The minimum Gasteiger partial charge on any atom is -0.497 e. The van der Waals surface area contributed by atoms with E-state index >= 15 is 0 Å². The van der Waals surface area contributed by atoms with E-state index in [9.17, 15) is 0 Å². The normalized spacial score (nSPS) is 10.8. The molecule has 3 aromatic rings. The maximum Gasteiger partial charge on any atom is 0.138 e. The molecule has 1 heterocycles. The maximum absolute atomic E-state index is 5.22. The number of hydrogen-bond donors (Lipinski definition) is 2. The van der Waals surface area contributed by atoms with Crippen molar-refractivity contribution in [1.82, 2.24) is 9.97 Å². The topological polar surface area (TPSA) is 53.2 Å². The number of anilines is 2. The van der Waals surface area contributed by atoms with Crippen molar-refractivity contribution < 1.29 is 4.74 Å². The Hall–Kier alpha value is -2.69. The molecule has 2 aromatic carbocycles. The minimum absolute atomic E-state index is 0.844. The number of fused-ring (bicyclic) bond motifs is 1. The Balaban J connectivity index is 2.06. The van der Waals surface area contributed by atoms with Crippen molar-refractivity contribution in [3.63, 3.8) is 0 Å². The van der Waals surface area contributed by atoms with Crippen LogP contribution in [0, 0.1) is 0 Å². The molecular formula is C19H24N4O. The summed E-state index contributed by atoms with van der Waals surface area (Å²) in [5, 5.41) is 3.29. The summed E-state index contributed by atoms with van der Waals surface area (Å²) < 4.78 is 5.22. The summed E-state index contributed by atoms with van der Waals surface area (Å²) in [4.78, 5) is 10.5. The van der Waals surface area contributed by atoms with Crippen LogP contribution in [0.4, 0.5) is 11.4 Å². The van der Waals surface area contributed by atoms with Gasteiger partial charge in [-0.05, 0) is 50.2 Å².